The Morgan fingerprint density at radius 2 is 2.31 bits per heavy atom. The maximum atomic E-state index is 11.3. The maximum absolute atomic E-state index is 11.3. The smallest absolute Gasteiger partial charge is 0.318 e. The Bertz CT molecular complexity index is 357. The quantitative estimate of drug-likeness (QED) is 0.527. The molecule has 2 rings (SSSR count). The van der Waals surface area contributed by atoms with Crippen LogP contribution in [0.4, 0.5) is 0 Å². The zero-order valence-electron chi connectivity index (χ0n) is 7.28. The van der Waals surface area contributed by atoms with Crippen LogP contribution in [0.1, 0.15) is 24.8 Å². The van der Waals surface area contributed by atoms with Crippen LogP contribution in [0.5, 0.6) is 11.5 Å². The first-order chi connectivity index (χ1) is 6.22. The summed E-state index contributed by atoms with van der Waals surface area (Å²) >= 11 is 0. The molecule has 0 fully saturated rings. The number of carbonyl (C=O) groups excluding carboxylic acids is 1. The van der Waals surface area contributed by atoms with Gasteiger partial charge in [0.25, 0.3) is 0 Å². The molecule has 1 N–H and O–H groups in total. The van der Waals surface area contributed by atoms with Crippen molar-refractivity contribution >= 4 is 5.97 Å². The minimum Gasteiger partial charge on any atom is -0.508 e. The van der Waals surface area contributed by atoms with E-state index >= 15 is 0 Å². The van der Waals surface area contributed by atoms with Crippen molar-refractivity contribution < 1.29 is 14.6 Å². The van der Waals surface area contributed by atoms with Crippen molar-refractivity contribution in [1.29, 1.82) is 0 Å². The van der Waals surface area contributed by atoms with E-state index in [0.717, 1.165) is 5.56 Å². The first-order valence-corrected chi connectivity index (χ1v) is 4.27. The van der Waals surface area contributed by atoms with Crippen LogP contribution in [0.25, 0.3) is 0 Å². The number of aromatic hydroxyl groups is 1. The number of benzene rings is 1. The lowest BCUT2D eigenvalue weighted by Gasteiger charge is -2.01. The van der Waals surface area contributed by atoms with Crippen LogP contribution in [0.15, 0.2) is 18.2 Å². The lowest BCUT2D eigenvalue weighted by atomic mass is 9.98. The second-order valence-corrected chi connectivity index (χ2v) is 3.10. The molecular weight excluding hydrogens is 168 g/mol. The van der Waals surface area contributed by atoms with Crippen molar-refractivity contribution in [2.45, 2.75) is 19.3 Å². The second-order valence-electron chi connectivity index (χ2n) is 3.10. The van der Waals surface area contributed by atoms with Gasteiger partial charge in [0.15, 0.2) is 0 Å². The Morgan fingerprint density at radius 1 is 1.54 bits per heavy atom. The van der Waals surface area contributed by atoms with Crippen molar-refractivity contribution in [3.63, 3.8) is 0 Å². The molecule has 0 aliphatic carbocycles. The molecule has 0 aromatic heterocycles. The summed E-state index contributed by atoms with van der Waals surface area (Å²) in [5.41, 5.74) is 0.799. The van der Waals surface area contributed by atoms with E-state index < -0.39 is 0 Å². The maximum Gasteiger partial charge on any atom is 0.318 e. The summed E-state index contributed by atoms with van der Waals surface area (Å²) in [7, 11) is 0. The van der Waals surface area contributed by atoms with Gasteiger partial charge >= 0.3 is 5.97 Å². The van der Waals surface area contributed by atoms with Gasteiger partial charge in [0.05, 0.1) is 5.92 Å². The first kappa shape index (κ1) is 8.10. The fourth-order valence-corrected chi connectivity index (χ4v) is 1.59. The molecule has 0 spiro atoms. The SMILES string of the molecule is CCC1C(=O)Oc2ccc(O)cc21. The highest BCUT2D eigenvalue weighted by Crippen LogP contribution is 2.38. The van der Waals surface area contributed by atoms with E-state index in [1.165, 1.54) is 6.07 Å². The van der Waals surface area contributed by atoms with Gasteiger partial charge in [-0.25, -0.2) is 0 Å². The summed E-state index contributed by atoms with van der Waals surface area (Å²) < 4.78 is 5.02. The van der Waals surface area contributed by atoms with Crippen molar-refractivity contribution in [3.05, 3.63) is 23.8 Å². The number of esters is 1. The average molecular weight is 178 g/mol. The number of fused-ring (bicyclic) bond motifs is 1. The fourth-order valence-electron chi connectivity index (χ4n) is 1.59. The highest BCUT2D eigenvalue weighted by atomic mass is 16.5. The Morgan fingerprint density at radius 3 is 3.00 bits per heavy atom. The monoisotopic (exact) mass is 178 g/mol. The molecule has 0 saturated carbocycles. The number of hydrogen-bond acceptors (Lipinski definition) is 3. The lowest BCUT2D eigenvalue weighted by molar-refractivity contribution is -0.134. The van der Waals surface area contributed by atoms with Crippen LogP contribution in [0, 0.1) is 0 Å². The normalized spacial score (nSPS) is 19.8. The van der Waals surface area contributed by atoms with E-state index in [-0.39, 0.29) is 17.6 Å². The lowest BCUT2D eigenvalue weighted by Crippen LogP contribution is -2.08. The van der Waals surface area contributed by atoms with Gasteiger partial charge in [0.2, 0.25) is 0 Å². The van der Waals surface area contributed by atoms with Crippen molar-refractivity contribution in [2.24, 2.45) is 0 Å². The molecule has 3 nitrogen and oxygen atoms in total. The van der Waals surface area contributed by atoms with Gasteiger partial charge in [-0.3, -0.25) is 4.79 Å². The van der Waals surface area contributed by atoms with Gasteiger partial charge in [0, 0.05) is 5.56 Å². The van der Waals surface area contributed by atoms with Crippen LogP contribution in [0.3, 0.4) is 0 Å². The van der Waals surface area contributed by atoms with Crippen LogP contribution >= 0.6 is 0 Å². The minimum atomic E-state index is -0.219. The molecule has 3 heteroatoms. The average Bonchev–Trinajstić information content (AvgIpc) is 2.40. The molecule has 1 heterocycles. The summed E-state index contributed by atoms with van der Waals surface area (Å²) in [5, 5.41) is 9.23. The van der Waals surface area contributed by atoms with E-state index in [9.17, 15) is 9.90 Å². The van der Waals surface area contributed by atoms with Gasteiger partial charge in [-0.1, -0.05) is 6.92 Å². The third-order valence-corrected chi connectivity index (χ3v) is 2.27. The number of ether oxygens (including phenoxy) is 1. The third-order valence-electron chi connectivity index (χ3n) is 2.27. The highest BCUT2D eigenvalue weighted by Gasteiger charge is 2.31. The highest BCUT2D eigenvalue weighted by molar-refractivity contribution is 5.86. The van der Waals surface area contributed by atoms with E-state index in [0.29, 0.717) is 12.2 Å². The van der Waals surface area contributed by atoms with Crippen LogP contribution in [-0.2, 0) is 4.79 Å². The number of rotatable bonds is 1. The summed E-state index contributed by atoms with van der Waals surface area (Å²) in [6.45, 7) is 1.92. The van der Waals surface area contributed by atoms with Crippen molar-refractivity contribution in [3.8, 4) is 11.5 Å². The van der Waals surface area contributed by atoms with Gasteiger partial charge in [0.1, 0.15) is 11.5 Å². The van der Waals surface area contributed by atoms with Crippen molar-refractivity contribution in [2.75, 3.05) is 0 Å². The van der Waals surface area contributed by atoms with E-state index in [2.05, 4.69) is 0 Å². The summed E-state index contributed by atoms with van der Waals surface area (Å²) in [6.07, 6.45) is 0.704. The standard InChI is InChI=1S/C10H10O3/c1-2-7-8-5-6(11)3-4-9(8)13-10(7)12/h3-5,7,11H,2H2,1H3. The first-order valence-electron chi connectivity index (χ1n) is 4.27. The fraction of sp³-hybridized carbons (Fsp3) is 0.300. The van der Waals surface area contributed by atoms with E-state index in [1.54, 1.807) is 12.1 Å². The van der Waals surface area contributed by atoms with Gasteiger partial charge in [-0.05, 0) is 24.6 Å². The molecule has 1 atom stereocenters. The van der Waals surface area contributed by atoms with Crippen LogP contribution < -0.4 is 4.74 Å². The largest absolute Gasteiger partial charge is 0.508 e. The third kappa shape index (κ3) is 1.16. The Labute approximate surface area is 76.0 Å². The molecule has 0 radical (unpaired) electrons. The molecule has 0 saturated heterocycles. The second kappa shape index (κ2) is 2.76. The summed E-state index contributed by atoms with van der Waals surface area (Å²) in [6, 6.07) is 4.73. The molecule has 1 aliphatic rings. The molecule has 1 aromatic rings. The zero-order valence-corrected chi connectivity index (χ0v) is 7.28. The zero-order chi connectivity index (χ0) is 9.42. The predicted octanol–water partition coefficient (Wildman–Crippen LogP) is 1.80. The van der Waals surface area contributed by atoms with E-state index in [1.807, 2.05) is 6.92 Å². The van der Waals surface area contributed by atoms with Gasteiger partial charge in [-0.15, -0.1) is 0 Å². The number of hydrogen-bond donors (Lipinski definition) is 1. The molecule has 1 aromatic carbocycles. The predicted molar refractivity (Wildman–Crippen MR) is 46.8 cm³/mol. The number of carbonyl (C=O) groups is 1. The molecule has 1 aliphatic heterocycles. The molecule has 1 unspecified atom stereocenters. The summed E-state index contributed by atoms with van der Waals surface area (Å²) in [4.78, 5) is 11.3. The number of phenolic OH excluding ortho intramolecular Hbond substituents is 1. The molecular formula is C10H10O3. The Balaban J connectivity index is 2.50. The van der Waals surface area contributed by atoms with Crippen molar-refractivity contribution in [1.82, 2.24) is 0 Å². The van der Waals surface area contributed by atoms with Crippen LogP contribution in [0.2, 0.25) is 0 Å². The molecule has 13 heavy (non-hydrogen) atoms. The molecule has 68 valence electrons. The summed E-state index contributed by atoms with van der Waals surface area (Å²) in [5.74, 6) is 0.329. The topological polar surface area (TPSA) is 46.5 Å². The van der Waals surface area contributed by atoms with Gasteiger partial charge in [-0.2, -0.15) is 0 Å². The Kier molecular flexibility index (Phi) is 1.72. The number of phenols is 1. The van der Waals surface area contributed by atoms with E-state index in [4.69, 9.17) is 4.74 Å². The Hall–Kier alpha value is -1.51. The molecule has 0 bridgehead atoms. The van der Waals surface area contributed by atoms with Crippen LogP contribution in [-0.4, -0.2) is 11.1 Å². The van der Waals surface area contributed by atoms with Gasteiger partial charge < -0.3 is 9.84 Å². The minimum absolute atomic E-state index is 0.176. The molecule has 0 amide bonds.